The van der Waals surface area contributed by atoms with Crippen molar-refractivity contribution in [1.29, 1.82) is 0 Å². The summed E-state index contributed by atoms with van der Waals surface area (Å²) in [6.45, 7) is 0.609. The molecule has 0 radical (unpaired) electrons. The molecule has 1 heterocycles. The van der Waals surface area contributed by atoms with Gasteiger partial charge in [-0.05, 0) is 37.0 Å². The molecule has 5 nitrogen and oxygen atoms in total. The zero-order valence-electron chi connectivity index (χ0n) is 10.9. The average molecular weight is 282 g/mol. The van der Waals surface area contributed by atoms with E-state index in [4.69, 9.17) is 5.11 Å². The fourth-order valence-electron chi connectivity index (χ4n) is 1.54. The van der Waals surface area contributed by atoms with E-state index in [1.54, 1.807) is 0 Å². The Balaban J connectivity index is 2.37. The van der Waals surface area contributed by atoms with Gasteiger partial charge in [0.25, 0.3) is 5.91 Å². The molecule has 0 aromatic carbocycles. The van der Waals surface area contributed by atoms with E-state index < -0.39 is 5.97 Å². The molecule has 0 saturated carbocycles. The number of carboxylic acid groups (broad SMARTS) is 1. The molecule has 0 fully saturated rings. The molecule has 0 bridgehead atoms. The molecular formula is C13H18N2O3S. The number of nitrogens with zero attached hydrogens (tertiary/aromatic N) is 1. The van der Waals surface area contributed by atoms with Gasteiger partial charge in [0.1, 0.15) is 5.69 Å². The number of pyridine rings is 1. The van der Waals surface area contributed by atoms with Crippen LogP contribution in [0.25, 0.3) is 0 Å². The minimum atomic E-state index is -1.13. The minimum Gasteiger partial charge on any atom is -0.477 e. The number of hydrogen-bond donors (Lipinski definition) is 2. The Kier molecular flexibility index (Phi) is 6.95. The normalized spacial score (nSPS) is 10.2. The number of amides is 1. The monoisotopic (exact) mass is 282 g/mol. The predicted octanol–water partition coefficient (Wildman–Crippen LogP) is 2.04. The van der Waals surface area contributed by atoms with Crippen LogP contribution in [0, 0.1) is 0 Å². The van der Waals surface area contributed by atoms with Gasteiger partial charge in [-0.3, -0.25) is 4.79 Å². The highest BCUT2D eigenvalue weighted by molar-refractivity contribution is 7.98. The first-order chi connectivity index (χ1) is 9.15. The van der Waals surface area contributed by atoms with Crippen LogP contribution in [-0.2, 0) is 0 Å². The highest BCUT2D eigenvalue weighted by Gasteiger charge is 2.09. The van der Waals surface area contributed by atoms with Gasteiger partial charge < -0.3 is 10.4 Å². The Morgan fingerprint density at radius 2 is 2.16 bits per heavy atom. The number of carbonyl (C=O) groups is 2. The Labute approximate surface area is 116 Å². The molecule has 1 rings (SSSR count). The lowest BCUT2D eigenvalue weighted by molar-refractivity contribution is 0.0690. The van der Waals surface area contributed by atoms with E-state index in [0.29, 0.717) is 12.1 Å². The Bertz CT molecular complexity index is 438. The Hall–Kier alpha value is -1.56. The van der Waals surface area contributed by atoms with Crippen LogP contribution in [-0.4, -0.2) is 40.5 Å². The summed E-state index contributed by atoms with van der Waals surface area (Å²) in [5.41, 5.74) is 0.212. The van der Waals surface area contributed by atoms with Crippen LogP contribution in [0.3, 0.4) is 0 Å². The lowest BCUT2D eigenvalue weighted by Crippen LogP contribution is -2.24. The van der Waals surface area contributed by atoms with Crippen LogP contribution in [0.2, 0.25) is 0 Å². The molecule has 104 valence electrons. The first-order valence-corrected chi connectivity index (χ1v) is 7.51. The van der Waals surface area contributed by atoms with Crippen LogP contribution in [0.15, 0.2) is 18.3 Å². The van der Waals surface area contributed by atoms with Crippen molar-refractivity contribution in [2.24, 2.45) is 0 Å². The van der Waals surface area contributed by atoms with Crippen LogP contribution < -0.4 is 5.32 Å². The number of thioether (sulfide) groups is 1. The van der Waals surface area contributed by atoms with Crippen molar-refractivity contribution in [3.63, 3.8) is 0 Å². The van der Waals surface area contributed by atoms with Gasteiger partial charge in [-0.15, -0.1) is 0 Å². The maximum atomic E-state index is 11.8. The van der Waals surface area contributed by atoms with E-state index in [2.05, 4.69) is 16.6 Å². The van der Waals surface area contributed by atoms with Crippen LogP contribution in [0.4, 0.5) is 0 Å². The number of aromatic carboxylic acids is 1. The van der Waals surface area contributed by atoms with E-state index >= 15 is 0 Å². The highest BCUT2D eigenvalue weighted by Crippen LogP contribution is 2.03. The number of unbranched alkanes of at least 4 members (excludes halogenated alkanes) is 2. The first-order valence-electron chi connectivity index (χ1n) is 6.11. The van der Waals surface area contributed by atoms with E-state index in [1.165, 1.54) is 18.3 Å². The number of nitrogens with one attached hydrogen (secondary N) is 1. The van der Waals surface area contributed by atoms with E-state index in [0.717, 1.165) is 25.0 Å². The second-order valence-electron chi connectivity index (χ2n) is 4.04. The van der Waals surface area contributed by atoms with Gasteiger partial charge in [0, 0.05) is 18.3 Å². The highest BCUT2D eigenvalue weighted by atomic mass is 32.2. The zero-order chi connectivity index (χ0) is 14.1. The van der Waals surface area contributed by atoms with Gasteiger partial charge in [0.15, 0.2) is 0 Å². The standard InChI is InChI=1S/C13H18N2O3S/c1-19-8-4-2-3-6-15-12(16)10-5-7-14-11(9-10)13(17)18/h5,7,9H,2-4,6,8H2,1H3,(H,15,16)(H,17,18). The third kappa shape index (κ3) is 5.74. The topological polar surface area (TPSA) is 79.3 Å². The number of hydrogen-bond acceptors (Lipinski definition) is 4. The van der Waals surface area contributed by atoms with Crippen molar-refractivity contribution in [3.05, 3.63) is 29.6 Å². The molecule has 6 heteroatoms. The largest absolute Gasteiger partial charge is 0.477 e. The third-order valence-corrected chi connectivity index (χ3v) is 3.25. The lowest BCUT2D eigenvalue weighted by Gasteiger charge is -2.05. The summed E-state index contributed by atoms with van der Waals surface area (Å²) in [6.07, 6.45) is 6.57. The fourth-order valence-corrected chi connectivity index (χ4v) is 2.03. The van der Waals surface area contributed by atoms with Crippen LogP contribution in [0.5, 0.6) is 0 Å². The second-order valence-corrected chi connectivity index (χ2v) is 5.03. The number of carbonyl (C=O) groups excluding carboxylic acids is 1. The molecule has 19 heavy (non-hydrogen) atoms. The van der Waals surface area contributed by atoms with Gasteiger partial charge in [-0.2, -0.15) is 11.8 Å². The fraction of sp³-hybridized carbons (Fsp3) is 0.462. The Morgan fingerprint density at radius 1 is 1.37 bits per heavy atom. The quantitative estimate of drug-likeness (QED) is 0.713. The number of carboxylic acids is 1. The summed E-state index contributed by atoms with van der Waals surface area (Å²) in [4.78, 5) is 26.2. The zero-order valence-corrected chi connectivity index (χ0v) is 11.7. The summed E-state index contributed by atoms with van der Waals surface area (Å²) >= 11 is 1.82. The van der Waals surface area contributed by atoms with Crippen molar-refractivity contribution < 1.29 is 14.7 Å². The molecule has 1 aromatic rings. The van der Waals surface area contributed by atoms with Crippen molar-refractivity contribution in [2.45, 2.75) is 19.3 Å². The van der Waals surface area contributed by atoms with E-state index in [1.807, 2.05) is 11.8 Å². The molecule has 0 aliphatic heterocycles. The SMILES string of the molecule is CSCCCCCNC(=O)c1ccnc(C(=O)O)c1. The first kappa shape index (κ1) is 15.5. The van der Waals surface area contributed by atoms with Crippen molar-refractivity contribution in [3.8, 4) is 0 Å². The predicted molar refractivity (Wildman–Crippen MR) is 75.8 cm³/mol. The maximum absolute atomic E-state index is 11.8. The Morgan fingerprint density at radius 3 is 2.84 bits per heavy atom. The van der Waals surface area contributed by atoms with Gasteiger partial charge in [0.2, 0.25) is 0 Å². The summed E-state index contributed by atoms with van der Waals surface area (Å²) in [5, 5.41) is 11.6. The maximum Gasteiger partial charge on any atom is 0.354 e. The molecule has 0 aliphatic carbocycles. The number of aromatic nitrogens is 1. The van der Waals surface area contributed by atoms with Gasteiger partial charge >= 0.3 is 5.97 Å². The average Bonchev–Trinajstić information content (AvgIpc) is 2.42. The van der Waals surface area contributed by atoms with Gasteiger partial charge in [-0.1, -0.05) is 6.42 Å². The molecule has 0 atom stereocenters. The van der Waals surface area contributed by atoms with E-state index in [-0.39, 0.29) is 11.6 Å². The van der Waals surface area contributed by atoms with Gasteiger partial charge in [0.05, 0.1) is 0 Å². The molecule has 0 spiro atoms. The summed E-state index contributed by atoms with van der Waals surface area (Å²) in [6, 6.07) is 2.79. The van der Waals surface area contributed by atoms with Crippen molar-refractivity contribution in [1.82, 2.24) is 10.3 Å². The van der Waals surface area contributed by atoms with Gasteiger partial charge in [-0.25, -0.2) is 9.78 Å². The van der Waals surface area contributed by atoms with Crippen molar-refractivity contribution in [2.75, 3.05) is 18.6 Å². The van der Waals surface area contributed by atoms with E-state index in [9.17, 15) is 9.59 Å². The minimum absolute atomic E-state index is 0.118. The van der Waals surface area contributed by atoms with Crippen LogP contribution in [0.1, 0.15) is 40.1 Å². The summed E-state index contributed by atoms with van der Waals surface area (Å²) in [5.74, 6) is -0.248. The molecule has 0 unspecified atom stereocenters. The summed E-state index contributed by atoms with van der Waals surface area (Å²) < 4.78 is 0. The molecule has 2 N–H and O–H groups in total. The molecule has 0 aliphatic rings. The van der Waals surface area contributed by atoms with Crippen LogP contribution >= 0.6 is 11.8 Å². The third-order valence-electron chi connectivity index (χ3n) is 2.55. The molecule has 0 saturated heterocycles. The molecule has 1 aromatic heterocycles. The smallest absolute Gasteiger partial charge is 0.354 e. The molecule has 1 amide bonds. The lowest BCUT2D eigenvalue weighted by atomic mass is 10.2. The van der Waals surface area contributed by atoms with Crippen molar-refractivity contribution >= 4 is 23.6 Å². The number of rotatable bonds is 8. The summed E-state index contributed by atoms with van der Waals surface area (Å²) in [7, 11) is 0. The molecular weight excluding hydrogens is 264 g/mol. The second kappa shape index (κ2) is 8.53.